The zero-order valence-corrected chi connectivity index (χ0v) is 12.1. The molecule has 0 aliphatic heterocycles. The van der Waals surface area contributed by atoms with Crippen LogP contribution in [-0.2, 0) is 0 Å². The van der Waals surface area contributed by atoms with E-state index in [1.807, 2.05) is 24.5 Å². The summed E-state index contributed by atoms with van der Waals surface area (Å²) in [6.07, 6.45) is 9.49. The first-order chi connectivity index (χ1) is 9.81. The molecule has 3 atom stereocenters. The monoisotopic (exact) mass is 269 g/mol. The van der Waals surface area contributed by atoms with Crippen LogP contribution in [0.3, 0.4) is 0 Å². The molecule has 1 aromatic heterocycles. The van der Waals surface area contributed by atoms with Gasteiger partial charge in [-0.15, -0.1) is 0 Å². The minimum absolute atomic E-state index is 0.376. The number of benzene rings is 1. The van der Waals surface area contributed by atoms with Crippen LogP contribution in [0.4, 0.5) is 0 Å². The molecule has 1 aromatic carbocycles. The minimum atomic E-state index is -0.376. The first-order valence-corrected chi connectivity index (χ1v) is 7.82. The zero-order valence-electron chi connectivity index (χ0n) is 12.1. The third-order valence-corrected chi connectivity index (χ3v) is 4.92. The summed E-state index contributed by atoms with van der Waals surface area (Å²) in [4.78, 5) is 4.32. The molecular formula is C18H23NO. The molecule has 2 nitrogen and oxygen atoms in total. The molecule has 0 spiro atoms. The largest absolute Gasteiger partial charge is 0.388 e. The number of hydrogen-bond acceptors (Lipinski definition) is 2. The van der Waals surface area contributed by atoms with Gasteiger partial charge in [-0.2, -0.15) is 0 Å². The highest BCUT2D eigenvalue weighted by atomic mass is 16.3. The Morgan fingerprint density at radius 1 is 1.20 bits per heavy atom. The number of aliphatic hydroxyl groups is 1. The van der Waals surface area contributed by atoms with Crippen molar-refractivity contribution in [2.45, 2.75) is 45.1 Å². The van der Waals surface area contributed by atoms with Crippen LogP contribution < -0.4 is 0 Å². The standard InChI is InChI=1S/C18H23NO/c1-2-13-7-3-6-10-16(13)18(20)17-12-19-11-14-8-4-5-9-15(14)17/h4-5,8-9,11-13,16,18,20H,2-3,6-7,10H2,1H3. The zero-order chi connectivity index (χ0) is 13.9. The molecule has 0 amide bonds. The molecule has 1 N–H and O–H groups in total. The Hall–Kier alpha value is -1.41. The van der Waals surface area contributed by atoms with E-state index in [0.29, 0.717) is 11.8 Å². The van der Waals surface area contributed by atoms with E-state index < -0.39 is 0 Å². The van der Waals surface area contributed by atoms with Crippen molar-refractivity contribution in [2.24, 2.45) is 11.8 Å². The van der Waals surface area contributed by atoms with Gasteiger partial charge in [0.1, 0.15) is 0 Å². The van der Waals surface area contributed by atoms with Crippen molar-refractivity contribution >= 4 is 10.8 Å². The van der Waals surface area contributed by atoms with Crippen molar-refractivity contribution in [3.63, 3.8) is 0 Å². The minimum Gasteiger partial charge on any atom is -0.388 e. The number of aliphatic hydroxyl groups excluding tert-OH is 1. The van der Waals surface area contributed by atoms with Crippen molar-refractivity contribution < 1.29 is 5.11 Å². The van der Waals surface area contributed by atoms with Crippen LogP contribution in [0.15, 0.2) is 36.7 Å². The Bertz CT molecular complexity index is 575. The number of hydrogen-bond donors (Lipinski definition) is 1. The number of nitrogens with zero attached hydrogens (tertiary/aromatic N) is 1. The van der Waals surface area contributed by atoms with Crippen molar-refractivity contribution in [1.29, 1.82) is 0 Å². The molecule has 2 heteroatoms. The summed E-state index contributed by atoms with van der Waals surface area (Å²) in [5.41, 5.74) is 1.01. The Kier molecular flexibility index (Phi) is 4.02. The quantitative estimate of drug-likeness (QED) is 0.891. The number of pyridine rings is 1. The van der Waals surface area contributed by atoms with E-state index in [1.54, 1.807) is 0 Å². The van der Waals surface area contributed by atoms with Crippen LogP contribution in [0.25, 0.3) is 10.8 Å². The Morgan fingerprint density at radius 3 is 2.85 bits per heavy atom. The maximum absolute atomic E-state index is 10.9. The fraction of sp³-hybridized carbons (Fsp3) is 0.500. The van der Waals surface area contributed by atoms with Crippen LogP contribution in [0.5, 0.6) is 0 Å². The van der Waals surface area contributed by atoms with Gasteiger partial charge in [-0.3, -0.25) is 4.98 Å². The lowest BCUT2D eigenvalue weighted by molar-refractivity contribution is 0.0460. The summed E-state index contributed by atoms with van der Waals surface area (Å²) in [7, 11) is 0. The highest BCUT2D eigenvalue weighted by molar-refractivity contribution is 5.84. The predicted octanol–water partition coefficient (Wildman–Crippen LogP) is 4.48. The molecular weight excluding hydrogens is 246 g/mol. The van der Waals surface area contributed by atoms with Crippen molar-refractivity contribution in [3.8, 4) is 0 Å². The van der Waals surface area contributed by atoms with Gasteiger partial charge in [-0.1, -0.05) is 56.9 Å². The lowest BCUT2D eigenvalue weighted by Crippen LogP contribution is -2.25. The average Bonchev–Trinajstić information content (AvgIpc) is 2.53. The molecule has 1 heterocycles. The van der Waals surface area contributed by atoms with Gasteiger partial charge in [0.15, 0.2) is 0 Å². The van der Waals surface area contributed by atoms with Gasteiger partial charge in [0.2, 0.25) is 0 Å². The second-order valence-corrected chi connectivity index (χ2v) is 6.01. The first-order valence-electron chi connectivity index (χ1n) is 7.82. The summed E-state index contributed by atoms with van der Waals surface area (Å²) in [5.74, 6) is 1.04. The highest BCUT2D eigenvalue weighted by Crippen LogP contribution is 2.41. The second-order valence-electron chi connectivity index (χ2n) is 6.01. The maximum Gasteiger partial charge on any atom is 0.0841 e. The van der Waals surface area contributed by atoms with Gasteiger partial charge >= 0.3 is 0 Å². The normalized spacial score (nSPS) is 24.7. The lowest BCUT2D eigenvalue weighted by atomic mass is 9.73. The second kappa shape index (κ2) is 5.92. The molecule has 3 rings (SSSR count). The van der Waals surface area contributed by atoms with E-state index in [-0.39, 0.29) is 6.10 Å². The van der Waals surface area contributed by atoms with E-state index >= 15 is 0 Å². The number of aromatic nitrogens is 1. The maximum atomic E-state index is 10.9. The van der Waals surface area contributed by atoms with E-state index in [1.165, 1.54) is 25.7 Å². The molecule has 0 saturated heterocycles. The molecule has 1 saturated carbocycles. The third-order valence-electron chi connectivity index (χ3n) is 4.92. The molecule has 2 aromatic rings. The van der Waals surface area contributed by atoms with Gasteiger partial charge < -0.3 is 5.11 Å². The van der Waals surface area contributed by atoms with E-state index in [9.17, 15) is 5.11 Å². The van der Waals surface area contributed by atoms with E-state index in [0.717, 1.165) is 22.8 Å². The molecule has 3 unspecified atom stereocenters. The summed E-state index contributed by atoms with van der Waals surface area (Å²) in [5, 5.41) is 13.2. The van der Waals surface area contributed by atoms with Gasteiger partial charge in [-0.05, 0) is 23.6 Å². The van der Waals surface area contributed by atoms with E-state index in [2.05, 4.69) is 24.0 Å². The molecule has 1 aliphatic carbocycles. The summed E-state index contributed by atoms with van der Waals surface area (Å²) in [6.45, 7) is 2.25. The number of fused-ring (bicyclic) bond motifs is 1. The third kappa shape index (κ3) is 2.45. The topological polar surface area (TPSA) is 33.1 Å². The summed E-state index contributed by atoms with van der Waals surface area (Å²) >= 11 is 0. The molecule has 106 valence electrons. The predicted molar refractivity (Wildman–Crippen MR) is 82.4 cm³/mol. The Morgan fingerprint density at radius 2 is 2.00 bits per heavy atom. The van der Waals surface area contributed by atoms with Crippen LogP contribution in [0.2, 0.25) is 0 Å². The molecule has 1 fully saturated rings. The smallest absolute Gasteiger partial charge is 0.0841 e. The summed E-state index contributed by atoms with van der Waals surface area (Å²) in [6, 6.07) is 8.22. The fourth-order valence-corrected chi connectivity index (χ4v) is 3.77. The molecule has 0 radical (unpaired) electrons. The lowest BCUT2D eigenvalue weighted by Gasteiger charge is -2.34. The van der Waals surface area contributed by atoms with Crippen molar-refractivity contribution in [3.05, 3.63) is 42.2 Å². The van der Waals surface area contributed by atoms with Gasteiger partial charge in [0, 0.05) is 23.3 Å². The molecule has 0 bridgehead atoms. The van der Waals surface area contributed by atoms with Crippen LogP contribution >= 0.6 is 0 Å². The Labute approximate surface area is 120 Å². The average molecular weight is 269 g/mol. The van der Waals surface area contributed by atoms with Gasteiger partial charge in [0.25, 0.3) is 0 Å². The van der Waals surface area contributed by atoms with Crippen LogP contribution in [0, 0.1) is 11.8 Å². The Balaban J connectivity index is 1.97. The number of rotatable bonds is 3. The van der Waals surface area contributed by atoms with E-state index in [4.69, 9.17) is 0 Å². The van der Waals surface area contributed by atoms with Crippen molar-refractivity contribution in [1.82, 2.24) is 4.98 Å². The van der Waals surface area contributed by atoms with Crippen LogP contribution in [0.1, 0.15) is 50.7 Å². The SMILES string of the molecule is CCC1CCCCC1C(O)c1cncc2ccccc12. The molecule has 1 aliphatic rings. The van der Waals surface area contributed by atoms with Gasteiger partial charge in [0.05, 0.1) is 6.10 Å². The van der Waals surface area contributed by atoms with Crippen molar-refractivity contribution in [2.75, 3.05) is 0 Å². The first kappa shape index (κ1) is 13.6. The fourth-order valence-electron chi connectivity index (χ4n) is 3.77. The van der Waals surface area contributed by atoms with Gasteiger partial charge in [-0.25, -0.2) is 0 Å². The molecule has 20 heavy (non-hydrogen) atoms. The van der Waals surface area contributed by atoms with Crippen LogP contribution in [-0.4, -0.2) is 10.1 Å². The highest BCUT2D eigenvalue weighted by Gasteiger charge is 2.31. The summed E-state index contributed by atoms with van der Waals surface area (Å²) < 4.78 is 0.